The molecule has 1 saturated heterocycles. The van der Waals surface area contributed by atoms with E-state index in [2.05, 4.69) is 22.5 Å². The fraction of sp³-hybridized carbons (Fsp3) is 0.615. The van der Waals surface area contributed by atoms with Gasteiger partial charge in [0.2, 0.25) is 0 Å². The Kier molecular flexibility index (Phi) is 5.57. The molecule has 1 atom stereocenters. The van der Waals surface area contributed by atoms with Gasteiger partial charge in [0.1, 0.15) is 11.6 Å². The van der Waals surface area contributed by atoms with Crippen molar-refractivity contribution in [3.05, 3.63) is 16.1 Å². The van der Waals surface area contributed by atoms with E-state index in [1.807, 2.05) is 0 Å². The molecule has 5 nitrogen and oxygen atoms in total. The molecule has 1 unspecified atom stereocenters. The Hall–Kier alpha value is -0.720. The van der Waals surface area contributed by atoms with Crippen molar-refractivity contribution in [3.8, 4) is 0 Å². The van der Waals surface area contributed by atoms with E-state index in [0.29, 0.717) is 34.6 Å². The van der Waals surface area contributed by atoms with E-state index in [-0.39, 0.29) is 17.4 Å². The minimum Gasteiger partial charge on any atom is -0.369 e. The lowest BCUT2D eigenvalue weighted by Gasteiger charge is -2.14. The molecule has 0 saturated carbocycles. The van der Waals surface area contributed by atoms with Crippen molar-refractivity contribution < 1.29 is 8.42 Å². The quantitative estimate of drug-likeness (QED) is 0.823. The Morgan fingerprint density at radius 1 is 1.29 bits per heavy atom. The van der Waals surface area contributed by atoms with E-state index in [1.54, 1.807) is 6.07 Å². The summed E-state index contributed by atoms with van der Waals surface area (Å²) in [6.45, 7) is 3.37. The topological polar surface area (TPSA) is 71.1 Å². The molecule has 0 aromatic carbocycles. The summed E-state index contributed by atoms with van der Waals surface area (Å²) in [4.78, 5) is 4.37. The van der Waals surface area contributed by atoms with Gasteiger partial charge in [-0.3, -0.25) is 0 Å². The number of aromatic nitrogens is 1. The first-order valence-electron chi connectivity index (χ1n) is 6.95. The first kappa shape index (κ1) is 16.6. The molecule has 0 aliphatic carbocycles. The molecule has 2 N–H and O–H groups in total. The molecule has 1 aromatic heterocycles. The lowest BCUT2D eigenvalue weighted by molar-refractivity contribution is 0.595. The second kappa shape index (κ2) is 7.03. The third-order valence-electron chi connectivity index (χ3n) is 3.36. The maximum atomic E-state index is 11.4. The summed E-state index contributed by atoms with van der Waals surface area (Å²) in [6.07, 6.45) is 1.64. The number of hydrogen-bond acceptors (Lipinski definition) is 5. The molecule has 1 aliphatic heterocycles. The highest BCUT2D eigenvalue weighted by atomic mass is 35.5. The van der Waals surface area contributed by atoms with Crippen LogP contribution >= 0.6 is 23.2 Å². The molecule has 1 aliphatic rings. The van der Waals surface area contributed by atoms with Gasteiger partial charge in [0.05, 0.1) is 21.6 Å². The largest absolute Gasteiger partial charge is 0.369 e. The van der Waals surface area contributed by atoms with Gasteiger partial charge in [0, 0.05) is 13.1 Å². The highest BCUT2D eigenvalue weighted by Gasteiger charge is 2.27. The molecule has 118 valence electrons. The predicted molar refractivity (Wildman–Crippen MR) is 88.3 cm³/mol. The molecule has 21 heavy (non-hydrogen) atoms. The van der Waals surface area contributed by atoms with Crippen molar-refractivity contribution >= 4 is 44.7 Å². The highest BCUT2D eigenvalue weighted by Crippen LogP contribution is 2.30. The van der Waals surface area contributed by atoms with Crippen LogP contribution in [0.15, 0.2) is 6.07 Å². The van der Waals surface area contributed by atoms with Gasteiger partial charge in [-0.05, 0) is 24.8 Å². The van der Waals surface area contributed by atoms with Crippen LogP contribution < -0.4 is 10.6 Å². The molecule has 2 heterocycles. The molecule has 0 spiro atoms. The van der Waals surface area contributed by atoms with E-state index >= 15 is 0 Å². The number of sulfone groups is 1. The van der Waals surface area contributed by atoms with Gasteiger partial charge < -0.3 is 10.6 Å². The smallest absolute Gasteiger partial charge is 0.150 e. The SMILES string of the molecule is CCCNc1nc(NCC2CCS(=O)(=O)C2)c(Cl)cc1Cl. The third-order valence-corrected chi connectivity index (χ3v) is 5.77. The Labute approximate surface area is 135 Å². The zero-order valence-corrected chi connectivity index (χ0v) is 14.2. The molecule has 1 fully saturated rings. The minimum absolute atomic E-state index is 0.107. The summed E-state index contributed by atoms with van der Waals surface area (Å²) >= 11 is 12.2. The van der Waals surface area contributed by atoms with Crippen LogP contribution in [0.1, 0.15) is 19.8 Å². The fourth-order valence-electron chi connectivity index (χ4n) is 2.23. The van der Waals surface area contributed by atoms with Gasteiger partial charge in [0.15, 0.2) is 9.84 Å². The second-order valence-corrected chi connectivity index (χ2v) is 8.27. The molecule has 0 bridgehead atoms. The summed E-state index contributed by atoms with van der Waals surface area (Å²) in [5.74, 6) is 1.72. The van der Waals surface area contributed by atoms with Gasteiger partial charge in [-0.25, -0.2) is 13.4 Å². The standard InChI is InChI=1S/C13H19Cl2N3O2S/c1-2-4-16-12-10(14)6-11(15)13(18-12)17-7-9-3-5-21(19,20)8-9/h6,9H,2-5,7-8H2,1H3,(H2,16,17,18). The van der Waals surface area contributed by atoms with E-state index in [4.69, 9.17) is 23.2 Å². The Balaban J connectivity index is 2.02. The number of nitrogens with zero attached hydrogens (tertiary/aromatic N) is 1. The number of nitrogens with one attached hydrogen (secondary N) is 2. The maximum Gasteiger partial charge on any atom is 0.150 e. The monoisotopic (exact) mass is 351 g/mol. The molecule has 2 rings (SSSR count). The molecular weight excluding hydrogens is 333 g/mol. The van der Waals surface area contributed by atoms with Crippen LogP contribution in [0.2, 0.25) is 10.0 Å². The molecule has 1 aromatic rings. The normalized spacial score (nSPS) is 20.4. The summed E-state index contributed by atoms with van der Waals surface area (Å²) in [5.41, 5.74) is 0. The van der Waals surface area contributed by atoms with Crippen LogP contribution in [0.3, 0.4) is 0 Å². The van der Waals surface area contributed by atoms with Gasteiger partial charge in [-0.1, -0.05) is 30.1 Å². The summed E-state index contributed by atoms with van der Waals surface area (Å²) < 4.78 is 22.9. The highest BCUT2D eigenvalue weighted by molar-refractivity contribution is 7.91. The maximum absolute atomic E-state index is 11.4. The van der Waals surface area contributed by atoms with Gasteiger partial charge >= 0.3 is 0 Å². The zero-order valence-electron chi connectivity index (χ0n) is 11.8. The fourth-order valence-corrected chi connectivity index (χ4v) is 4.59. The van der Waals surface area contributed by atoms with Crippen molar-refractivity contribution in [3.63, 3.8) is 0 Å². The number of hydrogen-bond donors (Lipinski definition) is 2. The van der Waals surface area contributed by atoms with E-state index in [9.17, 15) is 8.42 Å². The average Bonchev–Trinajstić information content (AvgIpc) is 2.76. The Morgan fingerprint density at radius 2 is 1.95 bits per heavy atom. The number of anilines is 2. The van der Waals surface area contributed by atoms with Crippen molar-refractivity contribution in [1.82, 2.24) is 4.98 Å². The first-order valence-corrected chi connectivity index (χ1v) is 9.53. The number of pyridine rings is 1. The van der Waals surface area contributed by atoms with Gasteiger partial charge in [-0.2, -0.15) is 0 Å². The number of rotatable bonds is 6. The Morgan fingerprint density at radius 3 is 2.52 bits per heavy atom. The minimum atomic E-state index is -2.86. The Bertz CT molecular complexity index is 608. The van der Waals surface area contributed by atoms with Crippen LogP contribution in [-0.2, 0) is 9.84 Å². The number of halogens is 2. The van der Waals surface area contributed by atoms with Gasteiger partial charge in [-0.15, -0.1) is 0 Å². The molecule has 8 heteroatoms. The van der Waals surface area contributed by atoms with Crippen molar-refractivity contribution in [2.24, 2.45) is 5.92 Å². The third kappa shape index (κ3) is 4.63. The summed E-state index contributed by atoms with van der Waals surface area (Å²) in [5, 5.41) is 7.17. The first-order chi connectivity index (χ1) is 9.91. The van der Waals surface area contributed by atoms with Crippen molar-refractivity contribution in [1.29, 1.82) is 0 Å². The van der Waals surface area contributed by atoms with E-state index < -0.39 is 9.84 Å². The lowest BCUT2D eigenvalue weighted by atomic mass is 10.1. The zero-order chi connectivity index (χ0) is 15.5. The van der Waals surface area contributed by atoms with Crippen molar-refractivity contribution in [2.45, 2.75) is 19.8 Å². The van der Waals surface area contributed by atoms with Gasteiger partial charge in [0.25, 0.3) is 0 Å². The molecule has 0 radical (unpaired) electrons. The van der Waals surface area contributed by atoms with E-state index in [0.717, 1.165) is 13.0 Å². The molecule has 0 amide bonds. The van der Waals surface area contributed by atoms with Crippen LogP contribution in [0.25, 0.3) is 0 Å². The summed E-state index contributed by atoms with van der Waals surface area (Å²) in [7, 11) is -2.86. The van der Waals surface area contributed by atoms with Crippen LogP contribution in [-0.4, -0.2) is 38.0 Å². The second-order valence-electron chi connectivity index (χ2n) is 5.23. The van der Waals surface area contributed by atoms with Crippen molar-refractivity contribution in [2.75, 3.05) is 35.2 Å². The van der Waals surface area contributed by atoms with Crippen LogP contribution in [0, 0.1) is 5.92 Å². The molecular formula is C13H19Cl2N3O2S. The predicted octanol–water partition coefficient (Wildman–Crippen LogP) is 3.06. The lowest BCUT2D eigenvalue weighted by Crippen LogP contribution is -2.17. The van der Waals surface area contributed by atoms with Crippen LogP contribution in [0.4, 0.5) is 11.6 Å². The average molecular weight is 352 g/mol. The van der Waals surface area contributed by atoms with E-state index in [1.165, 1.54) is 0 Å². The summed E-state index contributed by atoms with van der Waals surface area (Å²) in [6, 6.07) is 1.64. The van der Waals surface area contributed by atoms with Crippen LogP contribution in [0.5, 0.6) is 0 Å².